The fraction of sp³-hybridized carbons (Fsp3) is 0.304. The lowest BCUT2D eigenvalue weighted by Crippen LogP contribution is -2.42. The molecule has 0 bridgehead atoms. The van der Waals surface area contributed by atoms with Crippen LogP contribution in [0.3, 0.4) is 0 Å². The number of hydrogen-bond acceptors (Lipinski definition) is 6. The van der Waals surface area contributed by atoms with E-state index in [4.69, 9.17) is 9.73 Å². The number of amidine groups is 2. The van der Waals surface area contributed by atoms with Crippen molar-refractivity contribution in [2.24, 2.45) is 15.9 Å². The summed E-state index contributed by atoms with van der Waals surface area (Å²) in [6.07, 6.45) is 0.852. The third-order valence-electron chi connectivity index (χ3n) is 5.37. The fourth-order valence-electron chi connectivity index (χ4n) is 3.49. The fourth-order valence-corrected chi connectivity index (χ4v) is 4.29. The molecule has 2 aromatic rings. The average molecular weight is 437 g/mol. The number of nitrogens with zero attached hydrogens (tertiary/aromatic N) is 3. The molecule has 1 N–H and O–H groups in total. The summed E-state index contributed by atoms with van der Waals surface area (Å²) in [5, 5.41) is 3.33. The first-order chi connectivity index (χ1) is 15.0. The van der Waals surface area contributed by atoms with Crippen LogP contribution in [0.25, 0.3) is 0 Å². The standard InChI is InChI=1S/C23H24N4O3S/c1-4-14(2)20-22(29)27-21(26-20)17-10-5-6-11-18(17)25-23(27)31-13-19(28)24-15-8-7-9-16(12-15)30-3/h5-12,14,20H,4,13H2,1-3H3,(H,24,28). The normalized spacial score (nSPS) is 18.0. The van der Waals surface area contributed by atoms with Crippen molar-refractivity contribution < 1.29 is 14.3 Å². The number of hydrogen-bond donors (Lipinski definition) is 1. The summed E-state index contributed by atoms with van der Waals surface area (Å²) >= 11 is 1.23. The van der Waals surface area contributed by atoms with Gasteiger partial charge in [0.15, 0.2) is 5.17 Å². The van der Waals surface area contributed by atoms with Gasteiger partial charge in [-0.1, -0.05) is 50.2 Å². The Hall–Kier alpha value is -3.13. The highest BCUT2D eigenvalue weighted by Crippen LogP contribution is 2.35. The van der Waals surface area contributed by atoms with Crippen molar-refractivity contribution in [3.05, 3.63) is 54.1 Å². The van der Waals surface area contributed by atoms with Gasteiger partial charge in [0.2, 0.25) is 5.91 Å². The number of fused-ring (bicyclic) bond motifs is 3. The topological polar surface area (TPSA) is 83.4 Å². The summed E-state index contributed by atoms with van der Waals surface area (Å²) in [6.45, 7) is 4.08. The predicted molar refractivity (Wildman–Crippen MR) is 124 cm³/mol. The number of ether oxygens (including phenoxy) is 1. The van der Waals surface area contributed by atoms with E-state index in [0.29, 0.717) is 22.4 Å². The minimum absolute atomic E-state index is 0.0849. The Kier molecular flexibility index (Phi) is 6.08. The summed E-state index contributed by atoms with van der Waals surface area (Å²) in [5.74, 6) is 1.25. The molecule has 2 aliphatic heterocycles. The molecule has 0 aliphatic carbocycles. The third-order valence-corrected chi connectivity index (χ3v) is 6.31. The lowest BCUT2D eigenvalue weighted by molar-refractivity contribution is -0.125. The molecule has 2 heterocycles. The Morgan fingerprint density at radius 1 is 1.26 bits per heavy atom. The van der Waals surface area contributed by atoms with Crippen LogP contribution in [0.2, 0.25) is 0 Å². The third kappa shape index (κ3) is 4.20. The van der Waals surface area contributed by atoms with E-state index in [1.165, 1.54) is 11.8 Å². The molecule has 2 amide bonds. The molecule has 0 fully saturated rings. The molecular weight excluding hydrogens is 412 g/mol. The van der Waals surface area contributed by atoms with Crippen LogP contribution in [-0.2, 0) is 9.59 Å². The molecule has 7 nitrogen and oxygen atoms in total. The van der Waals surface area contributed by atoms with Crippen molar-refractivity contribution >= 4 is 46.0 Å². The van der Waals surface area contributed by atoms with Gasteiger partial charge >= 0.3 is 0 Å². The van der Waals surface area contributed by atoms with Crippen molar-refractivity contribution in [2.75, 3.05) is 18.2 Å². The maximum absolute atomic E-state index is 13.2. The van der Waals surface area contributed by atoms with Crippen LogP contribution in [0.15, 0.2) is 58.5 Å². The Morgan fingerprint density at radius 3 is 2.84 bits per heavy atom. The number of benzene rings is 2. The molecule has 2 unspecified atom stereocenters. The van der Waals surface area contributed by atoms with Crippen molar-refractivity contribution in [3.8, 4) is 5.75 Å². The molecule has 2 atom stereocenters. The van der Waals surface area contributed by atoms with Gasteiger partial charge in [-0.3, -0.25) is 14.6 Å². The summed E-state index contributed by atoms with van der Waals surface area (Å²) < 4.78 is 5.19. The molecule has 0 saturated heterocycles. The number of nitrogens with one attached hydrogen (secondary N) is 1. The van der Waals surface area contributed by atoms with Gasteiger partial charge in [-0.15, -0.1) is 0 Å². The average Bonchev–Trinajstić information content (AvgIpc) is 3.14. The number of rotatable bonds is 6. The zero-order valence-electron chi connectivity index (χ0n) is 17.7. The lowest BCUT2D eigenvalue weighted by atomic mass is 10.00. The number of thioether (sulfide) groups is 1. The highest BCUT2D eigenvalue weighted by atomic mass is 32.2. The van der Waals surface area contributed by atoms with E-state index in [2.05, 4.69) is 17.2 Å². The molecule has 2 aromatic carbocycles. The summed E-state index contributed by atoms with van der Waals surface area (Å²) in [4.78, 5) is 36.7. The quantitative estimate of drug-likeness (QED) is 0.740. The molecule has 4 rings (SSSR count). The van der Waals surface area contributed by atoms with E-state index in [1.807, 2.05) is 43.3 Å². The van der Waals surface area contributed by atoms with E-state index in [9.17, 15) is 9.59 Å². The molecule has 2 aliphatic rings. The number of aliphatic imine (C=N–C) groups is 2. The van der Waals surface area contributed by atoms with Crippen molar-refractivity contribution in [1.82, 2.24) is 4.90 Å². The molecule has 160 valence electrons. The zero-order chi connectivity index (χ0) is 22.0. The van der Waals surface area contributed by atoms with Crippen LogP contribution < -0.4 is 10.1 Å². The van der Waals surface area contributed by atoms with Gasteiger partial charge in [-0.05, 0) is 30.2 Å². The highest BCUT2D eigenvalue weighted by Gasteiger charge is 2.43. The largest absolute Gasteiger partial charge is 0.497 e. The Morgan fingerprint density at radius 2 is 2.06 bits per heavy atom. The second-order valence-electron chi connectivity index (χ2n) is 7.44. The Labute approximate surface area is 185 Å². The van der Waals surface area contributed by atoms with Crippen LogP contribution in [0.5, 0.6) is 5.75 Å². The molecule has 31 heavy (non-hydrogen) atoms. The smallest absolute Gasteiger partial charge is 0.259 e. The molecule has 0 aromatic heterocycles. The minimum atomic E-state index is -0.428. The molecule has 0 radical (unpaired) electrons. The highest BCUT2D eigenvalue weighted by molar-refractivity contribution is 8.14. The SMILES string of the molecule is CCC(C)C1N=C2c3ccccc3N=C(SCC(=O)Nc3cccc(OC)c3)N2C1=O. The predicted octanol–water partition coefficient (Wildman–Crippen LogP) is 4.07. The van der Waals surface area contributed by atoms with Gasteiger partial charge in [-0.2, -0.15) is 0 Å². The van der Waals surface area contributed by atoms with Crippen molar-refractivity contribution in [3.63, 3.8) is 0 Å². The van der Waals surface area contributed by atoms with Gasteiger partial charge in [0.25, 0.3) is 5.91 Å². The molecule has 8 heteroatoms. The van der Waals surface area contributed by atoms with E-state index < -0.39 is 6.04 Å². The van der Waals surface area contributed by atoms with E-state index >= 15 is 0 Å². The number of methoxy groups -OCH3 is 1. The van der Waals surface area contributed by atoms with Crippen LogP contribution in [0, 0.1) is 5.92 Å². The summed E-state index contributed by atoms with van der Waals surface area (Å²) in [7, 11) is 1.58. The maximum atomic E-state index is 13.2. The van der Waals surface area contributed by atoms with Gasteiger partial charge in [0.05, 0.1) is 18.6 Å². The van der Waals surface area contributed by atoms with Gasteiger partial charge in [0, 0.05) is 17.3 Å². The second-order valence-corrected chi connectivity index (χ2v) is 8.38. The van der Waals surface area contributed by atoms with Gasteiger partial charge in [0.1, 0.15) is 17.6 Å². The minimum Gasteiger partial charge on any atom is -0.497 e. The first-order valence-electron chi connectivity index (χ1n) is 10.2. The number of anilines is 1. The second kappa shape index (κ2) is 8.93. The lowest BCUT2D eigenvalue weighted by Gasteiger charge is -2.25. The van der Waals surface area contributed by atoms with Gasteiger partial charge in [-0.25, -0.2) is 9.89 Å². The van der Waals surface area contributed by atoms with Crippen LogP contribution in [0.1, 0.15) is 25.8 Å². The summed E-state index contributed by atoms with van der Waals surface area (Å²) in [6, 6.07) is 14.4. The monoisotopic (exact) mass is 436 g/mol. The van der Waals surface area contributed by atoms with E-state index in [-0.39, 0.29) is 23.5 Å². The van der Waals surface area contributed by atoms with Gasteiger partial charge < -0.3 is 10.1 Å². The first-order valence-corrected chi connectivity index (χ1v) is 11.2. The van der Waals surface area contributed by atoms with Crippen LogP contribution >= 0.6 is 11.8 Å². The van der Waals surface area contributed by atoms with Crippen molar-refractivity contribution in [2.45, 2.75) is 26.3 Å². The van der Waals surface area contributed by atoms with E-state index in [1.54, 1.807) is 24.1 Å². The molecule has 0 spiro atoms. The summed E-state index contributed by atoms with van der Waals surface area (Å²) in [5.41, 5.74) is 2.25. The molecular formula is C23H24N4O3S. The van der Waals surface area contributed by atoms with E-state index in [0.717, 1.165) is 17.7 Å². The molecule has 0 saturated carbocycles. The maximum Gasteiger partial charge on any atom is 0.259 e. The first kappa shape index (κ1) is 21.1. The number of amides is 2. The zero-order valence-corrected chi connectivity index (χ0v) is 18.5. The number of carbonyl (C=O) groups is 2. The Bertz CT molecular complexity index is 1080. The number of carbonyl (C=O) groups excluding carboxylic acids is 2. The van der Waals surface area contributed by atoms with Crippen LogP contribution in [-0.4, -0.2) is 46.6 Å². The number of para-hydroxylation sites is 1. The van der Waals surface area contributed by atoms with Crippen molar-refractivity contribution in [1.29, 1.82) is 0 Å². The Balaban J connectivity index is 1.54. The van der Waals surface area contributed by atoms with Crippen LogP contribution in [0.4, 0.5) is 11.4 Å².